The maximum atomic E-state index is 12.1. The van der Waals surface area contributed by atoms with Crippen molar-refractivity contribution >= 4 is 17.2 Å². The summed E-state index contributed by atoms with van der Waals surface area (Å²) in [6, 6.07) is 4.75. The topological polar surface area (TPSA) is 41.1 Å². The van der Waals surface area contributed by atoms with E-state index in [0.717, 1.165) is 12.8 Å². The number of hydrogen-bond acceptors (Lipinski definition) is 3. The molecule has 19 heavy (non-hydrogen) atoms. The van der Waals surface area contributed by atoms with Crippen LogP contribution in [0.3, 0.4) is 0 Å². The zero-order chi connectivity index (χ0) is 13.8. The van der Waals surface area contributed by atoms with E-state index in [1.54, 1.807) is 11.3 Å². The van der Waals surface area contributed by atoms with Gasteiger partial charge in [-0.25, -0.2) is 0 Å². The molecule has 2 atom stereocenters. The van der Waals surface area contributed by atoms with Crippen LogP contribution in [0.2, 0.25) is 0 Å². The Morgan fingerprint density at radius 2 is 2.00 bits per heavy atom. The van der Waals surface area contributed by atoms with Crippen molar-refractivity contribution in [3.05, 3.63) is 21.9 Å². The summed E-state index contributed by atoms with van der Waals surface area (Å²) in [5.74, 6) is 0.132. The summed E-state index contributed by atoms with van der Waals surface area (Å²) in [6.45, 7) is 6.17. The van der Waals surface area contributed by atoms with Crippen LogP contribution in [0.4, 0.5) is 0 Å². The Kier molecular flexibility index (Phi) is 4.99. The molecule has 0 aliphatic heterocycles. The van der Waals surface area contributed by atoms with Gasteiger partial charge < -0.3 is 5.32 Å². The fourth-order valence-corrected chi connectivity index (χ4v) is 3.50. The third-order valence-corrected chi connectivity index (χ3v) is 4.97. The summed E-state index contributed by atoms with van der Waals surface area (Å²) in [5.41, 5.74) is 0. The van der Waals surface area contributed by atoms with Gasteiger partial charge in [-0.2, -0.15) is 0 Å². The van der Waals surface area contributed by atoms with Gasteiger partial charge in [0.25, 0.3) is 0 Å². The van der Waals surface area contributed by atoms with Crippen molar-refractivity contribution in [1.82, 2.24) is 10.6 Å². The summed E-state index contributed by atoms with van der Waals surface area (Å²) >= 11 is 1.79. The molecule has 1 aromatic rings. The number of hydrogen-bond donors (Lipinski definition) is 2. The first kappa shape index (κ1) is 14.5. The van der Waals surface area contributed by atoms with Gasteiger partial charge in [-0.05, 0) is 45.7 Å². The standard InChI is InChI=1S/C15H24N2OS/c1-10-8-9-14(19-10)11(2)16-12(3)15(18)17-13-6-4-5-7-13/h8-9,11-13,16H,4-7H2,1-3H3,(H,17,18). The first-order chi connectivity index (χ1) is 9.06. The molecule has 106 valence electrons. The molecule has 1 heterocycles. The number of amides is 1. The quantitative estimate of drug-likeness (QED) is 0.870. The molecule has 0 saturated heterocycles. The van der Waals surface area contributed by atoms with Crippen LogP contribution in [0.25, 0.3) is 0 Å². The molecule has 2 rings (SSSR count). The van der Waals surface area contributed by atoms with Crippen LogP contribution in [0.1, 0.15) is 55.3 Å². The van der Waals surface area contributed by atoms with Crippen LogP contribution >= 0.6 is 11.3 Å². The van der Waals surface area contributed by atoms with Gasteiger partial charge >= 0.3 is 0 Å². The van der Waals surface area contributed by atoms with Gasteiger partial charge in [0, 0.05) is 21.8 Å². The molecule has 1 amide bonds. The van der Waals surface area contributed by atoms with E-state index in [1.165, 1.54) is 22.6 Å². The predicted molar refractivity (Wildman–Crippen MR) is 80.5 cm³/mol. The van der Waals surface area contributed by atoms with Crippen LogP contribution in [0.5, 0.6) is 0 Å². The molecule has 1 fully saturated rings. The molecular formula is C15H24N2OS. The third kappa shape index (κ3) is 4.05. The lowest BCUT2D eigenvalue weighted by molar-refractivity contribution is -0.123. The molecule has 3 nitrogen and oxygen atoms in total. The van der Waals surface area contributed by atoms with Crippen molar-refractivity contribution in [1.29, 1.82) is 0 Å². The minimum Gasteiger partial charge on any atom is -0.352 e. The second-order valence-corrected chi connectivity index (χ2v) is 6.87. The first-order valence-electron chi connectivity index (χ1n) is 7.19. The van der Waals surface area contributed by atoms with Gasteiger partial charge in [0.2, 0.25) is 5.91 Å². The Morgan fingerprint density at radius 1 is 1.32 bits per heavy atom. The largest absolute Gasteiger partial charge is 0.352 e. The van der Waals surface area contributed by atoms with Gasteiger partial charge in [0.15, 0.2) is 0 Å². The van der Waals surface area contributed by atoms with Crippen LogP contribution in [0, 0.1) is 6.92 Å². The molecular weight excluding hydrogens is 256 g/mol. The highest BCUT2D eigenvalue weighted by Gasteiger charge is 2.22. The van der Waals surface area contributed by atoms with Gasteiger partial charge in [0.05, 0.1) is 6.04 Å². The number of nitrogens with one attached hydrogen (secondary N) is 2. The van der Waals surface area contributed by atoms with Gasteiger partial charge in [-0.1, -0.05) is 12.8 Å². The second kappa shape index (κ2) is 6.53. The van der Waals surface area contributed by atoms with Crippen molar-refractivity contribution < 1.29 is 4.79 Å². The van der Waals surface area contributed by atoms with Crippen molar-refractivity contribution in [2.45, 2.75) is 64.6 Å². The highest BCUT2D eigenvalue weighted by atomic mass is 32.1. The predicted octanol–water partition coefficient (Wildman–Crippen LogP) is 3.15. The van der Waals surface area contributed by atoms with Crippen molar-refractivity contribution in [3.63, 3.8) is 0 Å². The van der Waals surface area contributed by atoms with Crippen molar-refractivity contribution in [3.8, 4) is 0 Å². The average Bonchev–Trinajstić information content (AvgIpc) is 3.00. The van der Waals surface area contributed by atoms with Gasteiger partial charge in [-0.15, -0.1) is 11.3 Å². The van der Waals surface area contributed by atoms with Crippen LogP contribution < -0.4 is 10.6 Å². The van der Waals surface area contributed by atoms with Crippen molar-refractivity contribution in [2.24, 2.45) is 0 Å². The lowest BCUT2D eigenvalue weighted by atomic mass is 10.2. The molecule has 0 aromatic carbocycles. The molecule has 4 heteroatoms. The molecule has 1 aliphatic carbocycles. The Morgan fingerprint density at radius 3 is 2.58 bits per heavy atom. The van der Waals surface area contributed by atoms with E-state index < -0.39 is 0 Å². The van der Waals surface area contributed by atoms with E-state index in [9.17, 15) is 4.79 Å². The molecule has 1 saturated carbocycles. The van der Waals surface area contributed by atoms with E-state index in [1.807, 2.05) is 6.92 Å². The van der Waals surface area contributed by atoms with E-state index >= 15 is 0 Å². The Labute approximate surface area is 119 Å². The summed E-state index contributed by atoms with van der Waals surface area (Å²) in [6.07, 6.45) is 4.77. The van der Waals surface area contributed by atoms with E-state index in [2.05, 4.69) is 36.6 Å². The molecule has 2 N–H and O–H groups in total. The Hall–Kier alpha value is -0.870. The SMILES string of the molecule is Cc1ccc(C(C)NC(C)C(=O)NC2CCCC2)s1. The van der Waals surface area contributed by atoms with Crippen molar-refractivity contribution in [2.75, 3.05) is 0 Å². The van der Waals surface area contributed by atoms with Crippen LogP contribution in [-0.2, 0) is 4.79 Å². The number of aryl methyl sites for hydroxylation is 1. The first-order valence-corrected chi connectivity index (χ1v) is 8.00. The summed E-state index contributed by atoms with van der Waals surface area (Å²) in [4.78, 5) is 14.7. The summed E-state index contributed by atoms with van der Waals surface area (Å²) in [5, 5.41) is 6.52. The summed E-state index contributed by atoms with van der Waals surface area (Å²) in [7, 11) is 0. The zero-order valence-electron chi connectivity index (χ0n) is 12.0. The van der Waals surface area contributed by atoms with E-state index in [4.69, 9.17) is 0 Å². The lowest BCUT2D eigenvalue weighted by Crippen LogP contribution is -2.46. The fraction of sp³-hybridized carbons (Fsp3) is 0.667. The number of rotatable bonds is 5. The molecule has 0 bridgehead atoms. The number of carbonyl (C=O) groups is 1. The molecule has 2 unspecified atom stereocenters. The normalized spacial score (nSPS) is 19.3. The average molecular weight is 280 g/mol. The van der Waals surface area contributed by atoms with Gasteiger partial charge in [-0.3, -0.25) is 10.1 Å². The second-order valence-electron chi connectivity index (χ2n) is 5.55. The maximum Gasteiger partial charge on any atom is 0.237 e. The third-order valence-electron chi connectivity index (χ3n) is 3.78. The molecule has 0 spiro atoms. The minimum absolute atomic E-state index is 0.132. The molecule has 0 radical (unpaired) electrons. The van der Waals surface area contributed by atoms with Gasteiger partial charge in [0.1, 0.15) is 0 Å². The maximum absolute atomic E-state index is 12.1. The fourth-order valence-electron chi connectivity index (χ4n) is 2.62. The summed E-state index contributed by atoms with van der Waals surface area (Å²) < 4.78 is 0. The monoisotopic (exact) mass is 280 g/mol. The van der Waals surface area contributed by atoms with E-state index in [-0.39, 0.29) is 18.0 Å². The highest BCUT2D eigenvalue weighted by Crippen LogP contribution is 2.23. The zero-order valence-corrected chi connectivity index (χ0v) is 12.8. The van der Waals surface area contributed by atoms with Crippen LogP contribution in [-0.4, -0.2) is 18.0 Å². The Balaban J connectivity index is 1.82. The Bertz CT molecular complexity index is 424. The van der Waals surface area contributed by atoms with Crippen LogP contribution in [0.15, 0.2) is 12.1 Å². The smallest absolute Gasteiger partial charge is 0.237 e. The number of carbonyl (C=O) groups excluding carboxylic acids is 1. The molecule has 1 aliphatic rings. The minimum atomic E-state index is -0.141. The number of thiophene rings is 1. The lowest BCUT2D eigenvalue weighted by Gasteiger charge is -2.21. The van der Waals surface area contributed by atoms with E-state index in [0.29, 0.717) is 6.04 Å². The molecule has 1 aromatic heterocycles. The highest BCUT2D eigenvalue weighted by molar-refractivity contribution is 7.12.